The predicted octanol–water partition coefficient (Wildman–Crippen LogP) is 5.18. The second-order valence-corrected chi connectivity index (χ2v) is 14.5. The number of aliphatic hydroxyl groups is 1. The summed E-state index contributed by atoms with van der Waals surface area (Å²) in [5.74, 6) is 0.948. The van der Waals surface area contributed by atoms with Crippen LogP contribution in [-0.2, 0) is 15.8 Å². The van der Waals surface area contributed by atoms with Gasteiger partial charge in [0.2, 0.25) is 0 Å². The average Bonchev–Trinajstić information content (AvgIpc) is 2.83. The van der Waals surface area contributed by atoms with Gasteiger partial charge in [0.15, 0.2) is 8.32 Å². The van der Waals surface area contributed by atoms with Gasteiger partial charge in [-0.2, -0.15) is 0 Å². The van der Waals surface area contributed by atoms with Crippen LogP contribution in [0.2, 0.25) is 18.1 Å². The largest absolute Gasteiger partial charge is 0.497 e. The maximum Gasteiger partial charge on any atom is 0.192 e. The molecule has 1 aromatic carbocycles. The molecular weight excluding hydrogens is 368 g/mol. The third-order valence-electron chi connectivity index (χ3n) is 6.48. The van der Waals surface area contributed by atoms with Gasteiger partial charge in [-0.15, -0.1) is 6.58 Å². The van der Waals surface area contributed by atoms with Crippen LogP contribution < -0.4 is 4.74 Å². The molecule has 1 aliphatic rings. The van der Waals surface area contributed by atoms with Crippen molar-refractivity contribution in [2.24, 2.45) is 11.8 Å². The lowest BCUT2D eigenvalue weighted by Crippen LogP contribution is -2.48. The number of methoxy groups -OCH3 is 1. The topological polar surface area (TPSA) is 47.9 Å². The third-order valence-corrected chi connectivity index (χ3v) is 11.0. The van der Waals surface area contributed by atoms with Crippen LogP contribution in [0.15, 0.2) is 36.9 Å². The maximum absolute atomic E-state index is 11.4. The zero-order valence-electron chi connectivity index (χ0n) is 18.6. The summed E-state index contributed by atoms with van der Waals surface area (Å²) in [6, 6.07) is 7.80. The highest BCUT2D eigenvalue weighted by Crippen LogP contribution is 2.47. The minimum Gasteiger partial charge on any atom is -0.497 e. The lowest BCUT2D eigenvalue weighted by atomic mass is 9.91. The Morgan fingerprint density at radius 2 is 1.86 bits per heavy atom. The van der Waals surface area contributed by atoms with Crippen molar-refractivity contribution in [3.05, 3.63) is 42.5 Å². The molecule has 0 radical (unpaired) electrons. The van der Waals surface area contributed by atoms with Gasteiger partial charge in [-0.25, -0.2) is 0 Å². The number of ether oxygens (including phenoxy) is 2. The van der Waals surface area contributed by atoms with E-state index in [0.717, 1.165) is 11.3 Å². The molecule has 0 heterocycles. The highest BCUT2D eigenvalue weighted by molar-refractivity contribution is 6.74. The Balaban J connectivity index is 2.04. The lowest BCUT2D eigenvalue weighted by Gasteiger charge is -2.41. The van der Waals surface area contributed by atoms with E-state index in [9.17, 15) is 5.11 Å². The first-order valence-electron chi connectivity index (χ1n) is 10.2. The Bertz CT molecular complexity index is 650. The molecule has 4 nitrogen and oxygen atoms in total. The van der Waals surface area contributed by atoms with Crippen LogP contribution in [0.1, 0.15) is 39.7 Å². The summed E-state index contributed by atoms with van der Waals surface area (Å²) < 4.78 is 17.8. The van der Waals surface area contributed by atoms with Gasteiger partial charge in [0.1, 0.15) is 5.75 Å². The van der Waals surface area contributed by atoms with E-state index in [1.54, 1.807) is 7.11 Å². The molecule has 1 aliphatic carbocycles. The molecule has 0 amide bonds. The van der Waals surface area contributed by atoms with E-state index in [0.29, 0.717) is 13.0 Å². The van der Waals surface area contributed by atoms with E-state index in [-0.39, 0.29) is 29.6 Å². The van der Waals surface area contributed by atoms with Gasteiger partial charge in [0.25, 0.3) is 0 Å². The smallest absolute Gasteiger partial charge is 0.192 e. The number of benzene rings is 1. The maximum atomic E-state index is 11.4. The fourth-order valence-corrected chi connectivity index (χ4v) is 5.16. The molecule has 2 rings (SSSR count). The highest BCUT2D eigenvalue weighted by Gasteiger charge is 2.53. The molecule has 158 valence electrons. The molecule has 4 atom stereocenters. The van der Waals surface area contributed by atoms with Crippen molar-refractivity contribution in [2.75, 3.05) is 13.7 Å². The van der Waals surface area contributed by atoms with Crippen LogP contribution in [0.4, 0.5) is 0 Å². The first-order chi connectivity index (χ1) is 12.9. The van der Waals surface area contributed by atoms with Crippen molar-refractivity contribution >= 4 is 8.32 Å². The molecule has 1 aromatic rings. The van der Waals surface area contributed by atoms with Crippen LogP contribution in [0.5, 0.6) is 5.75 Å². The van der Waals surface area contributed by atoms with E-state index >= 15 is 0 Å². The molecule has 28 heavy (non-hydrogen) atoms. The first-order valence-corrected chi connectivity index (χ1v) is 13.1. The summed E-state index contributed by atoms with van der Waals surface area (Å²) in [5, 5.41) is 11.5. The molecule has 0 aromatic heterocycles. The summed E-state index contributed by atoms with van der Waals surface area (Å²) in [5.41, 5.74) is 0.111. The Morgan fingerprint density at radius 1 is 1.25 bits per heavy atom. The van der Waals surface area contributed by atoms with Crippen molar-refractivity contribution in [1.29, 1.82) is 0 Å². The number of hydrogen-bond donors (Lipinski definition) is 1. The molecule has 0 aliphatic heterocycles. The van der Waals surface area contributed by atoms with Gasteiger partial charge >= 0.3 is 0 Å². The van der Waals surface area contributed by atoms with Crippen molar-refractivity contribution in [1.82, 2.24) is 0 Å². The molecule has 5 heteroatoms. The molecule has 1 fully saturated rings. The fourth-order valence-electron chi connectivity index (χ4n) is 3.75. The molecular formula is C23H38O4Si. The number of rotatable bonds is 8. The molecule has 0 spiro atoms. The lowest BCUT2D eigenvalue weighted by molar-refractivity contribution is -0.0748. The molecule has 1 N–H and O–H groups in total. The molecule has 0 saturated heterocycles. The van der Waals surface area contributed by atoms with Crippen LogP contribution in [0.3, 0.4) is 0 Å². The van der Waals surface area contributed by atoms with Crippen molar-refractivity contribution in [2.45, 2.75) is 70.6 Å². The second-order valence-electron chi connectivity index (χ2n) is 9.73. The van der Waals surface area contributed by atoms with Crippen molar-refractivity contribution in [3.8, 4) is 5.75 Å². The van der Waals surface area contributed by atoms with E-state index in [2.05, 4.69) is 47.4 Å². The van der Waals surface area contributed by atoms with Gasteiger partial charge in [-0.3, -0.25) is 0 Å². The van der Waals surface area contributed by atoms with Gasteiger partial charge < -0.3 is 19.0 Å². The van der Waals surface area contributed by atoms with Gasteiger partial charge in [0, 0.05) is 5.92 Å². The van der Waals surface area contributed by atoms with E-state index < -0.39 is 13.9 Å². The minimum absolute atomic E-state index is 0.0204. The van der Waals surface area contributed by atoms with Crippen molar-refractivity contribution in [3.63, 3.8) is 0 Å². The summed E-state index contributed by atoms with van der Waals surface area (Å²) >= 11 is 0. The van der Waals surface area contributed by atoms with Gasteiger partial charge in [-0.05, 0) is 48.2 Å². The number of hydrogen-bond acceptors (Lipinski definition) is 4. The van der Waals surface area contributed by atoms with Crippen LogP contribution in [0.25, 0.3) is 0 Å². The molecule has 1 saturated carbocycles. The summed E-state index contributed by atoms with van der Waals surface area (Å²) in [7, 11) is -0.284. The SMILES string of the molecule is C=C[C@H]1[C@H](O[Si](C)(C)C(C)(C)C)[C@@H](C)C[C@]1(O)COCc1ccc(OC)cc1. The molecule has 0 bridgehead atoms. The average molecular weight is 407 g/mol. The van der Waals surface area contributed by atoms with E-state index in [1.807, 2.05) is 30.3 Å². The summed E-state index contributed by atoms with van der Waals surface area (Å²) in [6.45, 7) is 18.1. The van der Waals surface area contributed by atoms with Crippen LogP contribution in [0, 0.1) is 11.8 Å². The second kappa shape index (κ2) is 8.70. The van der Waals surface area contributed by atoms with Crippen LogP contribution in [-0.4, -0.2) is 38.8 Å². The summed E-state index contributed by atoms with van der Waals surface area (Å²) in [6.07, 6.45) is 2.50. The Kier molecular flexibility index (Phi) is 7.19. The van der Waals surface area contributed by atoms with Gasteiger partial charge in [-0.1, -0.05) is 45.9 Å². The highest BCUT2D eigenvalue weighted by atomic mass is 28.4. The monoisotopic (exact) mass is 406 g/mol. The zero-order chi connectivity index (χ0) is 21.2. The zero-order valence-corrected chi connectivity index (χ0v) is 19.6. The minimum atomic E-state index is -1.94. The summed E-state index contributed by atoms with van der Waals surface area (Å²) in [4.78, 5) is 0. The quantitative estimate of drug-likeness (QED) is 0.478. The Hall–Kier alpha value is -1.14. The van der Waals surface area contributed by atoms with E-state index in [1.165, 1.54) is 0 Å². The predicted molar refractivity (Wildman–Crippen MR) is 117 cm³/mol. The van der Waals surface area contributed by atoms with Crippen LogP contribution >= 0.6 is 0 Å². The third kappa shape index (κ3) is 5.06. The fraction of sp³-hybridized carbons (Fsp3) is 0.652. The Morgan fingerprint density at radius 3 is 2.36 bits per heavy atom. The molecule has 0 unspecified atom stereocenters. The van der Waals surface area contributed by atoms with Crippen molar-refractivity contribution < 1.29 is 19.0 Å². The van der Waals surface area contributed by atoms with Gasteiger partial charge in [0.05, 0.1) is 32.0 Å². The standard InChI is InChI=1S/C23H38O4Si/c1-9-20-21(27-28(7,8)22(3,4)5)17(2)14-23(20,24)16-26-15-18-10-12-19(25-6)13-11-18/h9-13,17,20-21,24H,1,14-16H2,2-8H3/t17-,20-,21+,23-/m0/s1. The normalized spacial score (nSPS) is 28.4. The Labute approximate surface area is 172 Å². The van der Waals surface area contributed by atoms with E-state index in [4.69, 9.17) is 13.9 Å². The first kappa shape index (κ1) is 23.1.